The lowest BCUT2D eigenvalue weighted by Crippen LogP contribution is -2.25. The van der Waals surface area contributed by atoms with Crippen molar-refractivity contribution >= 4 is 17.7 Å². The summed E-state index contributed by atoms with van der Waals surface area (Å²) in [5, 5.41) is 7.20. The van der Waals surface area contributed by atoms with Gasteiger partial charge in [0.15, 0.2) is 0 Å². The van der Waals surface area contributed by atoms with Gasteiger partial charge in [-0.1, -0.05) is 26.0 Å². The van der Waals surface area contributed by atoms with E-state index in [4.69, 9.17) is 10.5 Å². The monoisotopic (exact) mass is 397 g/mol. The van der Waals surface area contributed by atoms with Gasteiger partial charge in [0.25, 0.3) is 0 Å². The molecule has 3 N–H and O–H groups in total. The van der Waals surface area contributed by atoms with Gasteiger partial charge >= 0.3 is 6.09 Å². The Balaban J connectivity index is 2.39. The summed E-state index contributed by atoms with van der Waals surface area (Å²) in [7, 11) is 1.78. The number of aromatic nitrogens is 3. The highest BCUT2D eigenvalue weighted by Gasteiger charge is 2.22. The number of nitrogens with zero attached hydrogens (tertiary/aromatic N) is 3. The van der Waals surface area contributed by atoms with E-state index in [2.05, 4.69) is 28.6 Å². The Labute approximate surface area is 170 Å². The van der Waals surface area contributed by atoms with Crippen molar-refractivity contribution in [2.24, 2.45) is 24.6 Å². The van der Waals surface area contributed by atoms with Crippen LogP contribution in [0.5, 0.6) is 0 Å². The summed E-state index contributed by atoms with van der Waals surface area (Å²) >= 11 is 0. The number of carbonyl (C=O) groups is 2. The summed E-state index contributed by atoms with van der Waals surface area (Å²) in [6.07, 6.45) is 5.29. The van der Waals surface area contributed by atoms with Gasteiger partial charge < -0.3 is 15.8 Å². The lowest BCUT2D eigenvalue weighted by Gasteiger charge is -2.17. The predicted molar refractivity (Wildman–Crippen MR) is 112 cm³/mol. The molecule has 0 fully saturated rings. The van der Waals surface area contributed by atoms with Crippen molar-refractivity contribution in [1.82, 2.24) is 14.8 Å². The van der Waals surface area contributed by atoms with Crippen LogP contribution in [0.3, 0.4) is 0 Å². The molecule has 2 amide bonds. The highest BCUT2D eigenvalue weighted by atomic mass is 16.6. The first-order valence-corrected chi connectivity index (χ1v) is 9.27. The number of aryl methyl sites for hydroxylation is 1. The normalized spacial score (nSPS) is 12.8. The maximum absolute atomic E-state index is 12.6. The van der Waals surface area contributed by atoms with E-state index in [1.807, 2.05) is 13.8 Å². The van der Waals surface area contributed by atoms with Crippen LogP contribution in [0.15, 0.2) is 49.8 Å². The van der Waals surface area contributed by atoms with E-state index in [9.17, 15) is 9.59 Å². The van der Waals surface area contributed by atoms with Gasteiger partial charge in [0.1, 0.15) is 6.10 Å². The van der Waals surface area contributed by atoms with Gasteiger partial charge in [0, 0.05) is 25.2 Å². The minimum atomic E-state index is -0.887. The predicted octanol–water partition coefficient (Wildman–Crippen LogP) is 3.59. The quantitative estimate of drug-likeness (QED) is 0.628. The van der Waals surface area contributed by atoms with Crippen LogP contribution >= 0.6 is 0 Å². The fourth-order valence-corrected chi connectivity index (χ4v) is 3.06. The van der Waals surface area contributed by atoms with Crippen molar-refractivity contribution in [3.05, 3.63) is 55.5 Å². The zero-order chi connectivity index (χ0) is 21.6. The number of anilines is 1. The first-order valence-electron chi connectivity index (χ1n) is 9.27. The van der Waals surface area contributed by atoms with Crippen LogP contribution in [-0.4, -0.2) is 26.8 Å². The molecule has 0 spiro atoms. The highest BCUT2D eigenvalue weighted by Crippen LogP contribution is 2.31. The fraction of sp³-hybridized carbons (Fsp3) is 0.333. The molecule has 154 valence electrons. The van der Waals surface area contributed by atoms with Gasteiger partial charge in [-0.25, -0.2) is 4.79 Å². The average Bonchev–Trinajstić information content (AvgIpc) is 3.01. The molecule has 2 atom stereocenters. The molecule has 8 heteroatoms. The molecule has 0 aliphatic heterocycles. The van der Waals surface area contributed by atoms with Gasteiger partial charge in [-0.2, -0.15) is 5.10 Å². The number of rotatable bonds is 9. The smallest absolute Gasteiger partial charge is 0.405 e. The number of primary amides is 1. The summed E-state index contributed by atoms with van der Waals surface area (Å²) in [5.74, 6) is -0.358. The molecule has 29 heavy (non-hydrogen) atoms. The highest BCUT2D eigenvalue weighted by molar-refractivity contribution is 5.97. The van der Waals surface area contributed by atoms with E-state index >= 15 is 0 Å². The van der Waals surface area contributed by atoms with Crippen LogP contribution in [0.4, 0.5) is 10.5 Å². The molecule has 2 heterocycles. The standard InChI is InChI=1S/C21H27N5O3/c1-6-8-18(29-21(22)28)16-11-14(9-10-23-16)19-17(12-24-26(19)5)25-20(27)15(7-2)13(3)4/h6-7,9-13,15,18H,1-2,8H2,3-5H3,(H2,22,28)(H,25,27)/t15?,18-/m0/s1. The Morgan fingerprint density at radius 2 is 2.10 bits per heavy atom. The number of carbonyl (C=O) groups excluding carboxylic acids is 2. The number of hydrogen-bond acceptors (Lipinski definition) is 5. The van der Waals surface area contributed by atoms with Crippen molar-refractivity contribution < 1.29 is 14.3 Å². The van der Waals surface area contributed by atoms with E-state index in [1.54, 1.807) is 48.4 Å². The number of ether oxygens (including phenoxy) is 1. The first-order chi connectivity index (χ1) is 13.8. The summed E-state index contributed by atoms with van der Waals surface area (Å²) in [4.78, 5) is 28.2. The number of amides is 2. The second-order valence-electron chi connectivity index (χ2n) is 6.94. The van der Waals surface area contributed by atoms with Gasteiger partial charge in [-0.3, -0.25) is 14.5 Å². The maximum Gasteiger partial charge on any atom is 0.405 e. The number of pyridine rings is 1. The minimum absolute atomic E-state index is 0.116. The molecular formula is C21H27N5O3. The van der Waals surface area contributed by atoms with Crippen molar-refractivity contribution in [1.29, 1.82) is 0 Å². The lowest BCUT2D eigenvalue weighted by atomic mass is 9.95. The van der Waals surface area contributed by atoms with Gasteiger partial charge in [0.2, 0.25) is 5.91 Å². The van der Waals surface area contributed by atoms with Crippen molar-refractivity contribution in [2.75, 3.05) is 5.32 Å². The molecule has 8 nitrogen and oxygen atoms in total. The molecule has 0 radical (unpaired) electrons. The number of nitrogens with one attached hydrogen (secondary N) is 1. The molecule has 2 aromatic rings. The van der Waals surface area contributed by atoms with Crippen molar-refractivity contribution in [3.8, 4) is 11.3 Å². The molecule has 0 aliphatic rings. The molecule has 0 aromatic carbocycles. The Morgan fingerprint density at radius 3 is 2.69 bits per heavy atom. The van der Waals surface area contributed by atoms with E-state index in [0.29, 0.717) is 23.5 Å². The third-order valence-corrected chi connectivity index (χ3v) is 4.50. The zero-order valence-electron chi connectivity index (χ0n) is 17.0. The molecule has 0 saturated heterocycles. The molecule has 0 saturated carbocycles. The van der Waals surface area contributed by atoms with E-state index in [0.717, 1.165) is 5.56 Å². The number of hydrogen-bond donors (Lipinski definition) is 2. The van der Waals surface area contributed by atoms with Crippen LogP contribution in [0, 0.1) is 11.8 Å². The summed E-state index contributed by atoms with van der Waals surface area (Å²) in [5.41, 5.74) is 7.71. The molecular weight excluding hydrogens is 370 g/mol. The van der Waals surface area contributed by atoms with Crippen molar-refractivity contribution in [3.63, 3.8) is 0 Å². The maximum atomic E-state index is 12.6. The van der Waals surface area contributed by atoms with Crippen LogP contribution in [0.25, 0.3) is 11.3 Å². The van der Waals surface area contributed by atoms with E-state index in [1.165, 1.54) is 0 Å². The average molecular weight is 397 g/mol. The summed E-state index contributed by atoms with van der Waals surface area (Å²) in [6, 6.07) is 3.57. The second-order valence-corrected chi connectivity index (χ2v) is 6.94. The third kappa shape index (κ3) is 5.31. The summed E-state index contributed by atoms with van der Waals surface area (Å²) < 4.78 is 6.81. The SMILES string of the molecule is C=CC[C@H](OC(N)=O)c1cc(-c2c(NC(=O)C(C=C)C(C)C)cnn2C)ccn1. The minimum Gasteiger partial charge on any atom is -0.440 e. The summed E-state index contributed by atoms with van der Waals surface area (Å²) in [6.45, 7) is 11.4. The molecule has 2 aromatic heterocycles. The van der Waals surface area contributed by atoms with Crippen molar-refractivity contribution in [2.45, 2.75) is 26.4 Å². The number of nitrogens with two attached hydrogens (primary N) is 1. The van der Waals surface area contributed by atoms with Crippen LogP contribution < -0.4 is 11.1 Å². The Bertz CT molecular complexity index is 903. The topological polar surface area (TPSA) is 112 Å². The lowest BCUT2D eigenvalue weighted by molar-refractivity contribution is -0.119. The van der Waals surface area contributed by atoms with Crippen LogP contribution in [0.2, 0.25) is 0 Å². The van der Waals surface area contributed by atoms with Gasteiger partial charge in [-0.15, -0.1) is 13.2 Å². The Kier molecular flexibility index (Phi) is 7.30. The second kappa shape index (κ2) is 9.68. The zero-order valence-corrected chi connectivity index (χ0v) is 17.0. The largest absolute Gasteiger partial charge is 0.440 e. The molecule has 2 rings (SSSR count). The first kappa shape index (κ1) is 21.9. The Morgan fingerprint density at radius 1 is 1.38 bits per heavy atom. The van der Waals surface area contributed by atoms with E-state index in [-0.39, 0.29) is 17.7 Å². The van der Waals surface area contributed by atoms with E-state index < -0.39 is 12.2 Å². The molecule has 0 aliphatic carbocycles. The third-order valence-electron chi connectivity index (χ3n) is 4.50. The molecule has 1 unspecified atom stereocenters. The van der Waals surface area contributed by atoms with Gasteiger partial charge in [-0.05, 0) is 18.1 Å². The fourth-order valence-electron chi connectivity index (χ4n) is 3.06. The van der Waals surface area contributed by atoms with Crippen LogP contribution in [0.1, 0.15) is 32.1 Å². The molecule has 0 bridgehead atoms. The Hall–Kier alpha value is -3.42. The van der Waals surface area contributed by atoms with Crippen LogP contribution in [-0.2, 0) is 16.6 Å². The van der Waals surface area contributed by atoms with Gasteiger partial charge in [0.05, 0.1) is 29.2 Å².